The number of piperazine rings is 1. The van der Waals surface area contributed by atoms with Crippen molar-refractivity contribution in [2.45, 2.75) is 62.9 Å². The molecule has 2 amide bonds. The third-order valence-corrected chi connectivity index (χ3v) is 8.16. The summed E-state index contributed by atoms with van der Waals surface area (Å²) in [6.07, 6.45) is 3.33. The van der Waals surface area contributed by atoms with Crippen LogP contribution in [-0.4, -0.2) is 53.8 Å². The number of ether oxygens (including phenoxy) is 1. The van der Waals surface area contributed by atoms with E-state index in [0.29, 0.717) is 25.2 Å². The number of carbonyl (C=O) groups is 3. The van der Waals surface area contributed by atoms with Gasteiger partial charge >= 0.3 is 5.97 Å². The van der Waals surface area contributed by atoms with Crippen molar-refractivity contribution in [2.24, 2.45) is 5.92 Å². The number of carbonyl (C=O) groups excluding carboxylic acids is 3. The van der Waals surface area contributed by atoms with Crippen molar-refractivity contribution in [1.29, 1.82) is 0 Å². The van der Waals surface area contributed by atoms with Crippen LogP contribution >= 0.6 is 0 Å². The summed E-state index contributed by atoms with van der Waals surface area (Å²) in [4.78, 5) is 38.4. The van der Waals surface area contributed by atoms with Crippen LogP contribution in [0.15, 0.2) is 54.7 Å². The van der Waals surface area contributed by atoms with E-state index in [1.807, 2.05) is 50.2 Å². The van der Waals surface area contributed by atoms with Gasteiger partial charge in [0, 0.05) is 41.2 Å². The van der Waals surface area contributed by atoms with Crippen LogP contribution in [0.2, 0.25) is 0 Å². The lowest BCUT2D eigenvalue weighted by Gasteiger charge is -2.32. The molecule has 4 heterocycles. The predicted molar refractivity (Wildman–Crippen MR) is 143 cm³/mol. The maximum atomic E-state index is 13.0. The quantitative estimate of drug-likeness (QED) is 0.375. The minimum Gasteiger partial charge on any atom is -0.468 e. The fraction of sp³-hybridized carbons (Fsp3) is 0.414. The lowest BCUT2D eigenvalue weighted by Crippen LogP contribution is -2.62. The summed E-state index contributed by atoms with van der Waals surface area (Å²) in [5.41, 5.74) is 3.48. The third-order valence-electron chi connectivity index (χ3n) is 8.16. The van der Waals surface area contributed by atoms with Crippen LogP contribution in [0.5, 0.6) is 0 Å². The number of fused-ring (bicyclic) bond motifs is 4. The number of hydrogen-bond donors (Lipinski definition) is 4. The van der Waals surface area contributed by atoms with Crippen molar-refractivity contribution in [3.8, 4) is 0 Å². The van der Waals surface area contributed by atoms with Gasteiger partial charge in [0.1, 0.15) is 29.8 Å². The summed E-state index contributed by atoms with van der Waals surface area (Å²) in [6, 6.07) is 14.6. The molecule has 9 heteroatoms. The highest BCUT2D eigenvalue weighted by atomic mass is 16.5. The normalized spacial score (nSPS) is 28.0. The first kappa shape index (κ1) is 24.5. The van der Waals surface area contributed by atoms with E-state index >= 15 is 0 Å². The van der Waals surface area contributed by atoms with Gasteiger partial charge in [-0.2, -0.15) is 0 Å². The average molecular weight is 516 g/mol. The second-order valence-corrected chi connectivity index (χ2v) is 11.0. The van der Waals surface area contributed by atoms with E-state index in [9.17, 15) is 14.4 Å². The lowest BCUT2D eigenvalue weighted by molar-refractivity contribution is -0.142. The summed E-state index contributed by atoms with van der Waals surface area (Å²) in [7, 11) is 1.41. The Kier molecular flexibility index (Phi) is 5.90. The Morgan fingerprint density at radius 2 is 1.74 bits per heavy atom. The van der Waals surface area contributed by atoms with Crippen molar-refractivity contribution in [3.05, 3.63) is 65.9 Å². The Hall–Kier alpha value is -3.85. The largest absolute Gasteiger partial charge is 0.468 e. The minimum atomic E-state index is -0.656. The van der Waals surface area contributed by atoms with Crippen molar-refractivity contribution in [2.75, 3.05) is 12.4 Å². The van der Waals surface area contributed by atoms with Crippen molar-refractivity contribution in [1.82, 2.24) is 20.5 Å². The molecule has 38 heavy (non-hydrogen) atoms. The number of hydrogen-bond acceptors (Lipinski definition) is 6. The molecule has 0 saturated carbocycles. The minimum absolute atomic E-state index is 0.138. The van der Waals surface area contributed by atoms with Crippen LogP contribution in [-0.2, 0) is 31.1 Å². The Bertz CT molecular complexity index is 1430. The van der Waals surface area contributed by atoms with E-state index < -0.39 is 23.7 Å². The van der Waals surface area contributed by atoms with E-state index in [4.69, 9.17) is 4.74 Å². The van der Waals surface area contributed by atoms with Crippen molar-refractivity contribution in [3.63, 3.8) is 0 Å². The molecule has 3 aliphatic rings. The molecule has 9 nitrogen and oxygen atoms in total. The number of amides is 2. The van der Waals surface area contributed by atoms with Crippen molar-refractivity contribution >= 4 is 34.4 Å². The van der Waals surface area contributed by atoms with Crippen LogP contribution in [0.1, 0.15) is 37.8 Å². The smallest absolute Gasteiger partial charge is 0.323 e. The van der Waals surface area contributed by atoms with Gasteiger partial charge in [-0.15, -0.1) is 0 Å². The molecular formula is C29H33N5O4. The number of methoxy groups -OCH3 is 1. The summed E-state index contributed by atoms with van der Waals surface area (Å²) in [5, 5.41) is 13.9. The highest BCUT2D eigenvalue weighted by Gasteiger charge is 2.57. The number of rotatable bonds is 6. The van der Waals surface area contributed by atoms with Gasteiger partial charge in [-0.25, -0.2) is 0 Å². The molecule has 2 aromatic carbocycles. The van der Waals surface area contributed by atoms with Gasteiger partial charge in [0.25, 0.3) is 0 Å². The van der Waals surface area contributed by atoms with Gasteiger partial charge in [0.2, 0.25) is 11.8 Å². The first-order chi connectivity index (χ1) is 18.3. The molecule has 0 bridgehead atoms. The zero-order chi connectivity index (χ0) is 26.6. The van der Waals surface area contributed by atoms with Gasteiger partial charge in [-0.1, -0.05) is 50.2 Å². The number of para-hydroxylation sites is 2. The molecule has 0 spiro atoms. The molecule has 198 valence electrons. The highest BCUT2D eigenvalue weighted by molar-refractivity contribution is 5.97. The molecule has 0 radical (unpaired) electrons. The average Bonchev–Trinajstić information content (AvgIpc) is 3.55. The summed E-state index contributed by atoms with van der Waals surface area (Å²) in [6.45, 7) is 4.07. The highest BCUT2D eigenvalue weighted by Crippen LogP contribution is 2.50. The monoisotopic (exact) mass is 515 g/mol. The zero-order valence-corrected chi connectivity index (χ0v) is 21.8. The van der Waals surface area contributed by atoms with Crippen molar-refractivity contribution < 1.29 is 19.1 Å². The van der Waals surface area contributed by atoms with E-state index in [0.717, 1.165) is 27.7 Å². The Labute approximate surface area is 221 Å². The Balaban J connectivity index is 1.41. The third kappa shape index (κ3) is 3.75. The predicted octanol–water partition coefficient (Wildman–Crippen LogP) is 2.24. The first-order valence-corrected chi connectivity index (χ1v) is 13.2. The molecule has 2 saturated heterocycles. The molecule has 3 aliphatic heterocycles. The Morgan fingerprint density at radius 1 is 1.03 bits per heavy atom. The second-order valence-electron chi connectivity index (χ2n) is 11.0. The van der Waals surface area contributed by atoms with E-state index in [-0.39, 0.29) is 23.9 Å². The van der Waals surface area contributed by atoms with E-state index in [1.165, 1.54) is 7.11 Å². The van der Waals surface area contributed by atoms with Gasteiger partial charge in [0.05, 0.1) is 7.11 Å². The number of esters is 1. The van der Waals surface area contributed by atoms with Gasteiger partial charge in [0.15, 0.2) is 0 Å². The molecule has 5 atom stereocenters. The number of nitrogens with one attached hydrogen (secondary N) is 4. The van der Waals surface area contributed by atoms with Crippen LogP contribution < -0.4 is 21.3 Å². The second kappa shape index (κ2) is 9.16. The molecule has 3 aromatic rings. The summed E-state index contributed by atoms with van der Waals surface area (Å²) < 4.78 is 7.33. The number of nitrogens with zero attached hydrogens (tertiary/aromatic N) is 1. The van der Waals surface area contributed by atoms with Crippen LogP contribution in [0.25, 0.3) is 10.9 Å². The number of aromatic nitrogens is 1. The maximum Gasteiger partial charge on any atom is 0.323 e. The van der Waals surface area contributed by atoms with E-state index in [2.05, 4.69) is 44.2 Å². The molecule has 0 aliphatic carbocycles. The molecule has 1 aromatic heterocycles. The fourth-order valence-electron chi connectivity index (χ4n) is 6.48. The molecular weight excluding hydrogens is 482 g/mol. The molecule has 2 fully saturated rings. The molecule has 6 rings (SSSR count). The fourth-order valence-corrected chi connectivity index (χ4v) is 6.48. The number of benzene rings is 2. The van der Waals surface area contributed by atoms with Gasteiger partial charge < -0.3 is 25.3 Å². The van der Waals surface area contributed by atoms with Crippen LogP contribution in [0.3, 0.4) is 0 Å². The lowest BCUT2D eigenvalue weighted by atomic mass is 9.86. The maximum absolute atomic E-state index is 13.0. The van der Waals surface area contributed by atoms with Gasteiger partial charge in [-0.3, -0.25) is 19.7 Å². The SMILES string of the molecule is COC(=O)[C@@H]1C[C@]2(n3cc(C[C@H]4NC(=O)[C@@H](CC(C)C)NC4=O)c4ccccc43)c3ccccc3N[C@@H]2N1. The standard InChI is InChI=1S/C29H33N5O4/c1-16(2)12-21-25(35)31-22(26(36)30-21)13-17-15-34(24-11-7-4-8-18(17)24)29-14-23(27(37)38-3)33-28(29)32-20-10-6-5-9-19(20)29/h4-11,15-16,21-23,28,32-33H,12-14H2,1-3H3,(H,30,36)(H,31,35)/t21-,22-,23+,28-,29+/m1/s1. The zero-order valence-electron chi connectivity index (χ0n) is 21.8. The Morgan fingerprint density at radius 3 is 2.53 bits per heavy atom. The van der Waals surface area contributed by atoms with Crippen LogP contribution in [0, 0.1) is 5.92 Å². The van der Waals surface area contributed by atoms with Gasteiger partial charge in [-0.05, 0) is 30.0 Å². The molecule has 4 N–H and O–H groups in total. The molecule has 0 unspecified atom stereocenters. The summed E-state index contributed by atoms with van der Waals surface area (Å²) in [5.74, 6) is -0.304. The first-order valence-electron chi connectivity index (χ1n) is 13.2. The van der Waals surface area contributed by atoms with Crippen LogP contribution in [0.4, 0.5) is 5.69 Å². The summed E-state index contributed by atoms with van der Waals surface area (Å²) >= 11 is 0. The number of anilines is 1. The topological polar surface area (TPSA) is 113 Å². The van der Waals surface area contributed by atoms with E-state index in [1.54, 1.807) is 0 Å².